The second-order valence-corrected chi connectivity index (χ2v) is 6.70. The molecule has 0 saturated carbocycles. The molecule has 3 aromatic heterocycles. The van der Waals surface area contributed by atoms with E-state index in [0.717, 1.165) is 11.1 Å². The highest BCUT2D eigenvalue weighted by Crippen LogP contribution is 2.33. The van der Waals surface area contributed by atoms with Crippen molar-refractivity contribution in [2.45, 2.75) is 0 Å². The maximum atomic E-state index is 12.6. The second kappa shape index (κ2) is 8.84. The van der Waals surface area contributed by atoms with E-state index in [1.807, 2.05) is 25.4 Å². The summed E-state index contributed by atoms with van der Waals surface area (Å²) in [7, 11) is 5.03. The number of carbonyl (C=O) groups excluding carboxylic acids is 1. The number of nitrogens with one attached hydrogen (secondary N) is 2. The van der Waals surface area contributed by atoms with Gasteiger partial charge in [0.25, 0.3) is 5.91 Å². The van der Waals surface area contributed by atoms with Crippen LogP contribution in [-0.4, -0.2) is 58.1 Å². The number of benzene rings is 1. The Morgan fingerprint density at radius 1 is 1.16 bits per heavy atom. The monoisotopic (exact) mass is 422 g/mol. The van der Waals surface area contributed by atoms with Crippen molar-refractivity contribution in [1.29, 1.82) is 0 Å². The van der Waals surface area contributed by atoms with Crippen LogP contribution < -0.4 is 14.8 Å². The number of nitrogens with zero attached hydrogens (tertiary/aromatic N) is 4. The van der Waals surface area contributed by atoms with Crippen molar-refractivity contribution in [3.8, 4) is 22.6 Å². The summed E-state index contributed by atoms with van der Waals surface area (Å²) in [5, 5.41) is 6.97. The number of rotatable bonds is 8. The molecule has 31 heavy (non-hydrogen) atoms. The zero-order valence-electron chi connectivity index (χ0n) is 17.4. The minimum atomic E-state index is -0.399. The van der Waals surface area contributed by atoms with E-state index < -0.39 is 5.91 Å². The molecule has 0 aliphatic heterocycles. The third-order valence-electron chi connectivity index (χ3n) is 4.60. The Kier molecular flexibility index (Phi) is 5.80. The van der Waals surface area contributed by atoms with Crippen LogP contribution in [0, 0.1) is 0 Å². The van der Waals surface area contributed by atoms with Crippen LogP contribution in [-0.2, 0) is 11.8 Å². The number of pyridine rings is 1. The summed E-state index contributed by atoms with van der Waals surface area (Å²) in [4.78, 5) is 24.5. The van der Waals surface area contributed by atoms with E-state index in [9.17, 15) is 4.79 Å². The van der Waals surface area contributed by atoms with Crippen LogP contribution in [0.1, 0.15) is 10.5 Å². The number of aromatic nitrogens is 5. The van der Waals surface area contributed by atoms with Crippen LogP contribution in [0.3, 0.4) is 0 Å². The van der Waals surface area contributed by atoms with Gasteiger partial charge in [0, 0.05) is 31.5 Å². The number of amides is 1. The van der Waals surface area contributed by atoms with Crippen LogP contribution >= 0.6 is 0 Å². The van der Waals surface area contributed by atoms with Gasteiger partial charge < -0.3 is 19.2 Å². The Balaban J connectivity index is 1.57. The largest absolute Gasteiger partial charge is 0.494 e. The Labute approximate surface area is 178 Å². The second-order valence-electron chi connectivity index (χ2n) is 6.70. The molecule has 0 bridgehead atoms. The molecule has 1 amide bonds. The van der Waals surface area contributed by atoms with E-state index >= 15 is 0 Å². The van der Waals surface area contributed by atoms with Gasteiger partial charge in [-0.1, -0.05) is 0 Å². The number of aryl methyl sites for hydroxylation is 1. The number of hydrogen-bond acceptors (Lipinski definition) is 7. The van der Waals surface area contributed by atoms with E-state index in [-0.39, 0.29) is 11.6 Å². The minimum absolute atomic E-state index is 0.235. The Morgan fingerprint density at radius 3 is 2.71 bits per heavy atom. The summed E-state index contributed by atoms with van der Waals surface area (Å²) < 4.78 is 17.6. The zero-order chi connectivity index (χ0) is 21.8. The van der Waals surface area contributed by atoms with Crippen molar-refractivity contribution in [2.75, 3.05) is 32.8 Å². The van der Waals surface area contributed by atoms with Crippen molar-refractivity contribution in [3.05, 3.63) is 48.5 Å². The summed E-state index contributed by atoms with van der Waals surface area (Å²) in [5.74, 6) is 1.07. The standard InChI is InChI=1S/C21H22N6O4/c1-27-12-13(10-23-27)15-5-7-17(30-3)19-18(15)24-21(25-19)26-20(28)16-6-4-14(11-22-16)31-9-8-29-2/h4-7,10-12H,8-9H2,1-3H3,(H2,24,25,26,28). The Bertz CT molecular complexity index is 1200. The van der Waals surface area contributed by atoms with E-state index in [1.54, 1.807) is 37.2 Å². The third-order valence-corrected chi connectivity index (χ3v) is 4.60. The molecule has 0 aliphatic rings. The van der Waals surface area contributed by atoms with Crippen LogP contribution in [0.4, 0.5) is 5.95 Å². The maximum absolute atomic E-state index is 12.6. The van der Waals surface area contributed by atoms with Crippen molar-refractivity contribution in [2.24, 2.45) is 7.05 Å². The maximum Gasteiger partial charge on any atom is 0.276 e. The number of anilines is 1. The first kappa shape index (κ1) is 20.4. The van der Waals surface area contributed by atoms with Crippen LogP contribution in [0.2, 0.25) is 0 Å². The molecule has 0 radical (unpaired) electrons. The number of carbonyl (C=O) groups is 1. The molecular formula is C21H22N6O4. The van der Waals surface area contributed by atoms with Crippen molar-refractivity contribution in [1.82, 2.24) is 24.7 Å². The average Bonchev–Trinajstić information content (AvgIpc) is 3.39. The first-order valence-corrected chi connectivity index (χ1v) is 9.54. The normalized spacial score (nSPS) is 10.9. The van der Waals surface area contributed by atoms with Gasteiger partial charge in [0.2, 0.25) is 5.95 Å². The van der Waals surface area contributed by atoms with Gasteiger partial charge in [-0.25, -0.2) is 9.97 Å². The molecule has 4 rings (SSSR count). The molecule has 0 aliphatic carbocycles. The molecule has 10 heteroatoms. The SMILES string of the molecule is COCCOc1ccc(C(=O)Nc2nc3c(-c4cnn(C)c4)ccc(OC)c3[nH]2)nc1. The van der Waals surface area contributed by atoms with Crippen LogP contribution in [0.15, 0.2) is 42.9 Å². The first-order valence-electron chi connectivity index (χ1n) is 9.54. The van der Waals surface area contributed by atoms with Crippen molar-refractivity contribution in [3.63, 3.8) is 0 Å². The minimum Gasteiger partial charge on any atom is -0.494 e. The summed E-state index contributed by atoms with van der Waals surface area (Å²) in [6.45, 7) is 0.878. The summed E-state index contributed by atoms with van der Waals surface area (Å²) in [6, 6.07) is 7.02. The van der Waals surface area contributed by atoms with Crippen LogP contribution in [0.5, 0.6) is 11.5 Å². The molecule has 0 spiro atoms. The van der Waals surface area contributed by atoms with Gasteiger partial charge in [0.15, 0.2) is 0 Å². The fourth-order valence-electron chi connectivity index (χ4n) is 3.10. The number of ether oxygens (including phenoxy) is 3. The third kappa shape index (κ3) is 4.33. The predicted molar refractivity (Wildman–Crippen MR) is 114 cm³/mol. The molecule has 0 fully saturated rings. The van der Waals surface area contributed by atoms with Crippen molar-refractivity contribution < 1.29 is 19.0 Å². The number of H-pyrrole nitrogens is 1. The molecule has 160 valence electrons. The molecular weight excluding hydrogens is 400 g/mol. The van der Waals surface area contributed by atoms with E-state index in [0.29, 0.717) is 35.7 Å². The topological polar surface area (TPSA) is 116 Å². The van der Waals surface area contributed by atoms with Gasteiger partial charge in [-0.3, -0.25) is 14.8 Å². The predicted octanol–water partition coefficient (Wildman–Crippen LogP) is 2.64. The highest BCUT2D eigenvalue weighted by Gasteiger charge is 2.17. The summed E-state index contributed by atoms with van der Waals surface area (Å²) in [5.41, 5.74) is 3.35. The molecule has 2 N–H and O–H groups in total. The van der Waals surface area contributed by atoms with E-state index in [4.69, 9.17) is 14.2 Å². The van der Waals surface area contributed by atoms with Gasteiger partial charge in [0.1, 0.15) is 34.8 Å². The van der Waals surface area contributed by atoms with Gasteiger partial charge in [-0.15, -0.1) is 0 Å². The Morgan fingerprint density at radius 2 is 2.03 bits per heavy atom. The lowest BCUT2D eigenvalue weighted by molar-refractivity contribution is 0.102. The molecule has 1 aromatic carbocycles. The number of imidazole rings is 1. The van der Waals surface area contributed by atoms with Gasteiger partial charge in [-0.05, 0) is 24.3 Å². The molecule has 0 saturated heterocycles. The molecule has 3 heterocycles. The highest BCUT2D eigenvalue weighted by molar-refractivity contribution is 6.04. The zero-order valence-corrected chi connectivity index (χ0v) is 17.4. The van der Waals surface area contributed by atoms with E-state index in [2.05, 4.69) is 25.4 Å². The number of aromatic amines is 1. The summed E-state index contributed by atoms with van der Waals surface area (Å²) in [6.07, 6.45) is 5.15. The Hall–Kier alpha value is -3.92. The lowest BCUT2D eigenvalue weighted by atomic mass is 10.1. The first-order chi connectivity index (χ1) is 15.1. The molecule has 0 atom stereocenters. The highest BCUT2D eigenvalue weighted by atomic mass is 16.5. The number of hydrogen-bond donors (Lipinski definition) is 2. The van der Waals surface area contributed by atoms with Crippen molar-refractivity contribution >= 4 is 22.9 Å². The number of methoxy groups -OCH3 is 2. The lowest BCUT2D eigenvalue weighted by Crippen LogP contribution is -2.14. The quantitative estimate of drug-likeness (QED) is 0.419. The van der Waals surface area contributed by atoms with Crippen LogP contribution in [0.25, 0.3) is 22.2 Å². The van der Waals surface area contributed by atoms with Gasteiger partial charge in [0.05, 0.1) is 26.1 Å². The number of fused-ring (bicyclic) bond motifs is 1. The molecule has 10 nitrogen and oxygen atoms in total. The van der Waals surface area contributed by atoms with Gasteiger partial charge in [-0.2, -0.15) is 5.10 Å². The fourth-order valence-corrected chi connectivity index (χ4v) is 3.10. The smallest absolute Gasteiger partial charge is 0.276 e. The molecule has 0 unspecified atom stereocenters. The fraction of sp³-hybridized carbons (Fsp3) is 0.238. The lowest BCUT2D eigenvalue weighted by Gasteiger charge is -2.05. The molecule has 4 aromatic rings. The summed E-state index contributed by atoms with van der Waals surface area (Å²) >= 11 is 0. The van der Waals surface area contributed by atoms with Gasteiger partial charge >= 0.3 is 0 Å². The van der Waals surface area contributed by atoms with E-state index in [1.165, 1.54) is 6.20 Å². The average molecular weight is 422 g/mol.